The van der Waals surface area contributed by atoms with Gasteiger partial charge in [-0.2, -0.15) is 0 Å². The van der Waals surface area contributed by atoms with E-state index >= 15 is 0 Å². The maximum Gasteiger partial charge on any atom is 0.360 e. The van der Waals surface area contributed by atoms with Gasteiger partial charge in [0.05, 0.1) is 11.5 Å². The summed E-state index contributed by atoms with van der Waals surface area (Å²) >= 11 is 0. The zero-order valence-electron chi connectivity index (χ0n) is 11.8. The van der Waals surface area contributed by atoms with Crippen molar-refractivity contribution < 1.29 is 27.1 Å². The Hall–Kier alpha value is -1.76. The number of alkyl halides is 1. The molecule has 0 saturated heterocycles. The topological polar surface area (TPSA) is 77.5 Å². The summed E-state index contributed by atoms with van der Waals surface area (Å²) in [4.78, 5) is 22.5. The van der Waals surface area contributed by atoms with E-state index in [0.29, 0.717) is 0 Å². The number of carbonyl (C=O) groups is 2. The SMILES string of the molecule is CCOC(=O)C(F)(CCC(C)=O)S(=O)(=O)c1ccccc1. The second-order valence-electron chi connectivity index (χ2n) is 4.47. The molecule has 0 aliphatic carbocycles. The first kappa shape index (κ1) is 17.3. The molecule has 1 atom stereocenters. The van der Waals surface area contributed by atoms with E-state index < -0.39 is 33.0 Å². The van der Waals surface area contributed by atoms with Crippen molar-refractivity contribution in [2.45, 2.75) is 36.6 Å². The van der Waals surface area contributed by atoms with Gasteiger partial charge in [-0.3, -0.25) is 0 Å². The van der Waals surface area contributed by atoms with Crippen LogP contribution in [0.15, 0.2) is 35.2 Å². The van der Waals surface area contributed by atoms with Gasteiger partial charge in [0.15, 0.2) is 0 Å². The average molecular weight is 316 g/mol. The van der Waals surface area contributed by atoms with E-state index in [1.165, 1.54) is 38.1 Å². The maximum absolute atomic E-state index is 15.0. The quantitative estimate of drug-likeness (QED) is 0.720. The zero-order valence-corrected chi connectivity index (χ0v) is 12.7. The molecule has 0 amide bonds. The molecule has 0 N–H and O–H groups in total. The molecular weight excluding hydrogens is 299 g/mol. The minimum atomic E-state index is -4.61. The van der Waals surface area contributed by atoms with E-state index in [2.05, 4.69) is 4.74 Å². The van der Waals surface area contributed by atoms with Gasteiger partial charge in [-0.15, -0.1) is 0 Å². The molecule has 1 aromatic carbocycles. The Morgan fingerprint density at radius 1 is 1.24 bits per heavy atom. The molecule has 1 aromatic rings. The number of halogens is 1. The lowest BCUT2D eigenvalue weighted by Crippen LogP contribution is -2.44. The van der Waals surface area contributed by atoms with E-state index in [0.717, 1.165) is 0 Å². The van der Waals surface area contributed by atoms with Gasteiger partial charge in [0.1, 0.15) is 5.78 Å². The number of rotatable bonds is 7. The predicted molar refractivity (Wildman–Crippen MR) is 74.0 cm³/mol. The molecule has 0 aliphatic rings. The number of hydrogen-bond donors (Lipinski definition) is 0. The van der Waals surface area contributed by atoms with Crippen LogP contribution in [-0.2, 0) is 24.2 Å². The Labute approximate surface area is 123 Å². The van der Waals surface area contributed by atoms with Gasteiger partial charge in [0.25, 0.3) is 0 Å². The van der Waals surface area contributed by atoms with Gasteiger partial charge in [0, 0.05) is 12.8 Å². The van der Waals surface area contributed by atoms with E-state index in [1.807, 2.05) is 0 Å². The first-order chi connectivity index (χ1) is 9.75. The monoisotopic (exact) mass is 316 g/mol. The van der Waals surface area contributed by atoms with Crippen molar-refractivity contribution in [1.29, 1.82) is 0 Å². The molecule has 5 nitrogen and oxygen atoms in total. The highest BCUT2D eigenvalue weighted by atomic mass is 32.2. The van der Waals surface area contributed by atoms with Crippen LogP contribution in [-0.4, -0.2) is 31.8 Å². The van der Waals surface area contributed by atoms with Crippen LogP contribution in [0.2, 0.25) is 0 Å². The highest BCUT2D eigenvalue weighted by molar-refractivity contribution is 7.93. The van der Waals surface area contributed by atoms with E-state index in [-0.39, 0.29) is 17.9 Å². The van der Waals surface area contributed by atoms with Gasteiger partial charge in [-0.05, 0) is 26.0 Å². The van der Waals surface area contributed by atoms with Crippen LogP contribution < -0.4 is 0 Å². The minimum absolute atomic E-state index is 0.158. The Balaban J connectivity index is 3.29. The van der Waals surface area contributed by atoms with Crippen molar-refractivity contribution in [3.05, 3.63) is 30.3 Å². The Kier molecular flexibility index (Phi) is 5.60. The van der Waals surface area contributed by atoms with Crippen LogP contribution in [0.5, 0.6) is 0 Å². The van der Waals surface area contributed by atoms with Gasteiger partial charge >= 0.3 is 11.0 Å². The van der Waals surface area contributed by atoms with Crippen LogP contribution in [0.4, 0.5) is 4.39 Å². The third kappa shape index (κ3) is 3.66. The maximum atomic E-state index is 15.0. The number of esters is 1. The van der Waals surface area contributed by atoms with Gasteiger partial charge < -0.3 is 9.53 Å². The molecule has 0 heterocycles. The van der Waals surface area contributed by atoms with E-state index in [4.69, 9.17) is 0 Å². The summed E-state index contributed by atoms with van der Waals surface area (Å²) < 4.78 is 44.3. The number of carbonyl (C=O) groups excluding carboxylic acids is 2. The predicted octanol–water partition coefficient (Wildman–Crippen LogP) is 2.06. The summed E-state index contributed by atoms with van der Waals surface area (Å²) in [5.74, 6) is -1.90. The van der Waals surface area contributed by atoms with Crippen molar-refractivity contribution in [1.82, 2.24) is 0 Å². The normalized spacial score (nSPS) is 14.2. The first-order valence-corrected chi connectivity index (χ1v) is 7.89. The highest BCUT2D eigenvalue weighted by Gasteiger charge is 2.53. The van der Waals surface area contributed by atoms with E-state index in [1.54, 1.807) is 6.07 Å². The Morgan fingerprint density at radius 2 is 1.81 bits per heavy atom. The fourth-order valence-corrected chi connectivity index (χ4v) is 3.25. The molecule has 1 rings (SSSR count). The van der Waals surface area contributed by atoms with Crippen LogP contribution in [0.1, 0.15) is 26.7 Å². The second kappa shape index (κ2) is 6.80. The van der Waals surface area contributed by atoms with Crippen LogP contribution >= 0.6 is 0 Å². The molecular formula is C14H17FO5S. The second-order valence-corrected chi connectivity index (χ2v) is 6.59. The third-order valence-corrected chi connectivity index (χ3v) is 4.97. The number of ether oxygens (including phenoxy) is 1. The fraction of sp³-hybridized carbons (Fsp3) is 0.429. The largest absolute Gasteiger partial charge is 0.463 e. The van der Waals surface area contributed by atoms with Crippen molar-refractivity contribution in [2.75, 3.05) is 6.61 Å². The lowest BCUT2D eigenvalue weighted by atomic mass is 10.1. The summed E-state index contributed by atoms with van der Waals surface area (Å²) in [7, 11) is -4.61. The average Bonchev–Trinajstić information content (AvgIpc) is 2.45. The van der Waals surface area contributed by atoms with Crippen molar-refractivity contribution in [3.8, 4) is 0 Å². The molecule has 0 aliphatic heterocycles. The van der Waals surface area contributed by atoms with Gasteiger partial charge in [-0.1, -0.05) is 18.2 Å². The molecule has 116 valence electrons. The molecule has 0 bridgehead atoms. The summed E-state index contributed by atoms with van der Waals surface area (Å²) in [6.45, 7) is 2.48. The van der Waals surface area contributed by atoms with Crippen molar-refractivity contribution in [3.63, 3.8) is 0 Å². The van der Waals surface area contributed by atoms with Crippen LogP contribution in [0.25, 0.3) is 0 Å². The lowest BCUT2D eigenvalue weighted by molar-refractivity contribution is -0.152. The lowest BCUT2D eigenvalue weighted by Gasteiger charge is -2.23. The number of Topliss-reactive ketones (excluding diaryl/α,β-unsaturated/α-hetero) is 1. The van der Waals surface area contributed by atoms with Gasteiger partial charge in [0.2, 0.25) is 9.84 Å². The highest BCUT2D eigenvalue weighted by Crippen LogP contribution is 2.33. The van der Waals surface area contributed by atoms with Crippen molar-refractivity contribution >= 4 is 21.6 Å². The molecule has 1 unspecified atom stereocenters. The van der Waals surface area contributed by atoms with Gasteiger partial charge in [-0.25, -0.2) is 17.6 Å². The van der Waals surface area contributed by atoms with Crippen LogP contribution in [0.3, 0.4) is 0 Å². The third-order valence-electron chi connectivity index (χ3n) is 2.86. The summed E-state index contributed by atoms with van der Waals surface area (Å²) in [5, 5.41) is -3.27. The van der Waals surface area contributed by atoms with Crippen LogP contribution in [0, 0.1) is 0 Å². The molecule has 0 spiro atoms. The fourth-order valence-electron chi connectivity index (χ4n) is 1.71. The summed E-state index contributed by atoms with van der Waals surface area (Å²) in [6, 6.07) is 6.79. The number of hydrogen-bond acceptors (Lipinski definition) is 5. The number of sulfone groups is 1. The summed E-state index contributed by atoms with van der Waals surface area (Å²) in [5.41, 5.74) is 0. The Bertz CT molecular complexity index is 612. The first-order valence-electron chi connectivity index (χ1n) is 6.41. The van der Waals surface area contributed by atoms with E-state index in [9.17, 15) is 22.4 Å². The zero-order chi connectivity index (χ0) is 16.1. The molecule has 21 heavy (non-hydrogen) atoms. The molecule has 0 radical (unpaired) electrons. The number of ketones is 1. The minimum Gasteiger partial charge on any atom is -0.463 e. The standard InChI is InChI=1S/C14H17FO5S/c1-3-20-13(17)14(15,10-9-11(2)16)21(18,19)12-7-5-4-6-8-12/h4-8H,3,9-10H2,1-2H3. The number of benzene rings is 1. The smallest absolute Gasteiger partial charge is 0.360 e. The Morgan fingerprint density at radius 3 is 2.29 bits per heavy atom. The molecule has 0 saturated carbocycles. The molecule has 7 heteroatoms. The van der Waals surface area contributed by atoms with Crippen molar-refractivity contribution in [2.24, 2.45) is 0 Å². The molecule has 0 fully saturated rings. The molecule has 0 aromatic heterocycles. The summed E-state index contributed by atoms with van der Waals surface area (Å²) in [6.07, 6.45) is -1.14.